The van der Waals surface area contributed by atoms with Gasteiger partial charge in [0.1, 0.15) is 11.1 Å². The summed E-state index contributed by atoms with van der Waals surface area (Å²) in [6, 6.07) is -0.648. The molecule has 10 nitrogen and oxygen atoms in total. The van der Waals surface area contributed by atoms with Gasteiger partial charge >= 0.3 is 12.1 Å². The molecule has 2 heterocycles. The first-order valence-corrected chi connectivity index (χ1v) is 5.72. The largest absolute Gasteiger partial charge is 0.511 e. The van der Waals surface area contributed by atoms with Crippen LogP contribution in [-0.4, -0.2) is 53.2 Å². The van der Waals surface area contributed by atoms with E-state index in [-0.39, 0.29) is 0 Å². The lowest BCUT2D eigenvalue weighted by Crippen LogP contribution is -2.43. The van der Waals surface area contributed by atoms with Crippen LogP contribution in [0.25, 0.3) is 0 Å². The third kappa shape index (κ3) is 2.95. The Morgan fingerprint density at radius 1 is 1.47 bits per heavy atom. The van der Waals surface area contributed by atoms with Crippen LogP contribution >= 0.6 is 0 Å². The van der Waals surface area contributed by atoms with E-state index in [1.54, 1.807) is 0 Å². The highest BCUT2D eigenvalue weighted by Crippen LogP contribution is 2.17. The summed E-state index contributed by atoms with van der Waals surface area (Å²) >= 11 is 0. The lowest BCUT2D eigenvalue weighted by molar-refractivity contribution is -0.139. The summed E-state index contributed by atoms with van der Waals surface area (Å²) in [4.78, 5) is 28.0. The zero-order chi connectivity index (χ0) is 14.0. The topological polar surface area (TPSA) is 108 Å². The fourth-order valence-electron chi connectivity index (χ4n) is 1.79. The van der Waals surface area contributed by atoms with Crippen molar-refractivity contribution in [3.63, 3.8) is 0 Å². The van der Waals surface area contributed by atoms with Gasteiger partial charge in [-0.25, -0.2) is 14.6 Å². The third-order valence-corrected chi connectivity index (χ3v) is 2.65. The van der Waals surface area contributed by atoms with Crippen molar-refractivity contribution < 1.29 is 33.6 Å². The molecular weight excluding hydrogens is 262 g/mol. The van der Waals surface area contributed by atoms with Crippen molar-refractivity contribution in [2.45, 2.75) is 32.1 Å². The molecule has 1 aromatic rings. The molecule has 19 heavy (non-hydrogen) atoms. The van der Waals surface area contributed by atoms with Crippen LogP contribution < -0.4 is 9.85 Å². The molecule has 1 N–H and O–H groups in total. The van der Waals surface area contributed by atoms with Gasteiger partial charge in [-0.15, -0.1) is 0 Å². The summed E-state index contributed by atoms with van der Waals surface area (Å²) < 4.78 is 13.9. The van der Waals surface area contributed by atoms with Gasteiger partial charge in [-0.3, -0.25) is 0 Å². The molecule has 0 saturated carbocycles. The highest BCUT2D eigenvalue weighted by Gasteiger charge is 2.37. The number of rotatable bonds is 5. The van der Waals surface area contributed by atoms with Crippen LogP contribution in [0.1, 0.15) is 19.8 Å². The van der Waals surface area contributed by atoms with Gasteiger partial charge in [-0.1, -0.05) is 0 Å². The first-order valence-electron chi connectivity index (χ1n) is 5.72. The van der Waals surface area contributed by atoms with Gasteiger partial charge in [0.05, 0.1) is 12.1 Å². The summed E-state index contributed by atoms with van der Waals surface area (Å²) in [5, 5.41) is 11.5. The maximum Gasteiger partial charge on any atom is 0.511 e. The Bertz CT molecular complexity index is 448. The van der Waals surface area contributed by atoms with Gasteiger partial charge in [-0.2, -0.15) is 4.63 Å². The molecule has 0 spiro atoms. The van der Waals surface area contributed by atoms with Crippen LogP contribution in [-0.2, 0) is 14.3 Å². The zero-order valence-corrected chi connectivity index (χ0v) is 10.5. The van der Waals surface area contributed by atoms with E-state index in [2.05, 4.69) is 9.47 Å². The number of aromatic nitrogens is 2. The number of carbonyl (C=O) groups excluding carboxylic acids is 1. The van der Waals surface area contributed by atoms with E-state index in [1.807, 2.05) is 0 Å². The molecule has 1 aromatic heterocycles. The van der Waals surface area contributed by atoms with Gasteiger partial charge in [0.2, 0.25) is 0 Å². The maximum atomic E-state index is 11.0. The quantitative estimate of drug-likeness (QED) is 0.573. The minimum absolute atomic E-state index is 0.539. The maximum absolute atomic E-state index is 11.0. The molecule has 2 atom stereocenters. The van der Waals surface area contributed by atoms with Crippen molar-refractivity contribution in [1.29, 1.82) is 0 Å². The van der Waals surface area contributed by atoms with E-state index in [0.717, 1.165) is 11.4 Å². The Balaban J connectivity index is 1.87. The van der Waals surface area contributed by atoms with Crippen molar-refractivity contribution in [2.24, 2.45) is 0 Å². The predicted molar refractivity (Wildman–Crippen MR) is 58.0 cm³/mol. The second-order valence-electron chi connectivity index (χ2n) is 3.98. The lowest BCUT2D eigenvalue weighted by atomic mass is 10.2. The fourth-order valence-corrected chi connectivity index (χ4v) is 1.79. The predicted octanol–water partition coefficient (Wildman–Crippen LogP) is -0.375. The van der Waals surface area contributed by atoms with Gasteiger partial charge in [0, 0.05) is 13.5 Å². The molecule has 108 valence electrons. The highest BCUT2D eigenvalue weighted by atomic mass is 17.0. The van der Waals surface area contributed by atoms with Crippen molar-refractivity contribution >= 4 is 12.1 Å². The molecule has 10 heteroatoms. The Morgan fingerprint density at radius 3 is 2.84 bits per heavy atom. The molecular formula is C9H15N3O7. The molecule has 1 aliphatic heterocycles. The summed E-state index contributed by atoms with van der Waals surface area (Å²) in [7, 11) is 1.18. The summed E-state index contributed by atoms with van der Waals surface area (Å²) in [5.74, 6) is -0.924. The monoisotopic (exact) mass is 277 g/mol. The Hall–Kier alpha value is -2.26. The van der Waals surface area contributed by atoms with Gasteiger partial charge in [0.25, 0.3) is 6.29 Å². The van der Waals surface area contributed by atoms with Crippen LogP contribution in [0, 0.1) is 0 Å². The SMILES string of the molecule is COC(=O)OC(C)On1on1N1CCC[C@H]1C(=O)O. The Kier molecular flexibility index (Phi) is 3.58. The van der Waals surface area contributed by atoms with Crippen LogP contribution in [0.3, 0.4) is 0 Å². The average molecular weight is 277 g/mol. The van der Waals surface area contributed by atoms with Gasteiger partial charge in [0.15, 0.2) is 0 Å². The molecule has 2 rings (SSSR count). The number of hydrogen-bond acceptors (Lipinski definition) is 7. The minimum atomic E-state index is -0.927. The fraction of sp³-hybridized carbons (Fsp3) is 0.778. The van der Waals surface area contributed by atoms with Crippen molar-refractivity contribution in [3.05, 3.63) is 0 Å². The molecule has 0 aliphatic carbocycles. The third-order valence-electron chi connectivity index (χ3n) is 2.65. The minimum Gasteiger partial charge on any atom is -0.480 e. The Labute approximate surface area is 107 Å². The number of carbonyl (C=O) groups is 2. The summed E-state index contributed by atoms with van der Waals surface area (Å²) in [6.45, 7) is 2.01. The van der Waals surface area contributed by atoms with E-state index in [1.165, 1.54) is 24.0 Å². The standard InChI is InChI=1S/C9H15N3O7/c1-6(17-9(15)16-2)18-12-11(19-12)10-5-3-4-7(10)8(13)14/h6-7H,3-5H2,1-2H3,(H,13,14)/t6?,7-,11?,12?/m0/s1. The van der Waals surface area contributed by atoms with Crippen molar-refractivity contribution in [2.75, 3.05) is 18.7 Å². The lowest BCUT2D eigenvalue weighted by Gasteiger charge is -2.15. The number of ether oxygens (including phenoxy) is 2. The number of carboxylic acids is 1. The number of nitrogens with zero attached hydrogens (tertiary/aromatic N) is 3. The smallest absolute Gasteiger partial charge is 0.480 e. The molecule has 0 amide bonds. The van der Waals surface area contributed by atoms with Crippen molar-refractivity contribution in [3.8, 4) is 0 Å². The first-order chi connectivity index (χ1) is 9.02. The first kappa shape index (κ1) is 13.2. The summed E-state index contributed by atoms with van der Waals surface area (Å²) in [5.41, 5.74) is 0. The van der Waals surface area contributed by atoms with E-state index >= 15 is 0 Å². The molecule has 0 radical (unpaired) electrons. The highest BCUT2D eigenvalue weighted by molar-refractivity contribution is 5.75. The summed E-state index contributed by atoms with van der Waals surface area (Å²) in [6.07, 6.45) is -0.523. The molecule has 1 aliphatic rings. The molecule has 1 fully saturated rings. The van der Waals surface area contributed by atoms with E-state index in [0.29, 0.717) is 13.0 Å². The normalized spacial score (nSPS) is 20.3. The number of methoxy groups -OCH3 is 1. The van der Waals surface area contributed by atoms with E-state index in [4.69, 9.17) is 14.6 Å². The van der Waals surface area contributed by atoms with E-state index < -0.39 is 24.5 Å². The van der Waals surface area contributed by atoms with Crippen LogP contribution in [0.2, 0.25) is 0 Å². The number of carboxylic acid groups (broad SMARTS) is 1. The average Bonchev–Trinajstić information content (AvgIpc) is 2.92. The molecule has 1 unspecified atom stereocenters. The molecule has 1 saturated heterocycles. The van der Waals surface area contributed by atoms with Crippen molar-refractivity contribution in [1.82, 2.24) is 9.98 Å². The second-order valence-corrected chi connectivity index (χ2v) is 3.98. The zero-order valence-electron chi connectivity index (χ0n) is 10.5. The number of hydrogen-bond donors (Lipinski definition) is 1. The van der Waals surface area contributed by atoms with Gasteiger partial charge in [-0.05, 0) is 12.8 Å². The molecule has 0 bridgehead atoms. The van der Waals surface area contributed by atoms with Crippen LogP contribution in [0.4, 0.5) is 4.79 Å². The second kappa shape index (κ2) is 5.16. The van der Waals surface area contributed by atoms with E-state index in [9.17, 15) is 9.59 Å². The Morgan fingerprint density at radius 2 is 2.21 bits per heavy atom. The molecule has 0 aromatic carbocycles. The van der Waals surface area contributed by atoms with Crippen LogP contribution in [0.15, 0.2) is 4.63 Å². The number of aliphatic carboxylic acids is 1. The van der Waals surface area contributed by atoms with Crippen LogP contribution in [0.5, 0.6) is 0 Å². The van der Waals surface area contributed by atoms with Gasteiger partial charge < -0.3 is 19.4 Å².